The van der Waals surface area contributed by atoms with Crippen LogP contribution in [0.3, 0.4) is 0 Å². The molecule has 0 spiro atoms. The molecule has 19 heavy (non-hydrogen) atoms. The maximum Gasteiger partial charge on any atom is 0.203 e. The fraction of sp³-hybridized carbons (Fsp3) is 0.500. The van der Waals surface area contributed by atoms with Crippen LogP contribution >= 0.6 is 11.6 Å². The van der Waals surface area contributed by atoms with Crippen LogP contribution in [-0.2, 0) is 11.3 Å². The Labute approximate surface area is 117 Å². The van der Waals surface area contributed by atoms with Crippen LogP contribution in [0.2, 0.25) is 5.28 Å². The van der Waals surface area contributed by atoms with E-state index in [0.717, 1.165) is 56.8 Å². The van der Waals surface area contributed by atoms with Crippen LogP contribution in [0.4, 0.5) is 0 Å². The molecule has 5 heteroatoms. The lowest BCUT2D eigenvalue weighted by Crippen LogP contribution is -2.37. The minimum Gasteiger partial charge on any atom is -0.379 e. The van der Waals surface area contributed by atoms with E-state index in [4.69, 9.17) is 16.3 Å². The van der Waals surface area contributed by atoms with Gasteiger partial charge in [0.05, 0.1) is 24.2 Å². The number of morpholine rings is 1. The molecule has 1 aliphatic heterocycles. The Bertz CT molecular complexity index is 549. The number of benzene rings is 1. The molecule has 1 aliphatic rings. The normalized spacial score (nSPS) is 17.1. The van der Waals surface area contributed by atoms with Crippen molar-refractivity contribution in [3.05, 3.63) is 29.5 Å². The van der Waals surface area contributed by atoms with Gasteiger partial charge in [0.15, 0.2) is 0 Å². The largest absolute Gasteiger partial charge is 0.379 e. The summed E-state index contributed by atoms with van der Waals surface area (Å²) in [6.45, 7) is 5.79. The fourth-order valence-electron chi connectivity index (χ4n) is 2.54. The Hall–Kier alpha value is -1.10. The lowest BCUT2D eigenvalue weighted by Gasteiger charge is -2.26. The van der Waals surface area contributed by atoms with Crippen molar-refractivity contribution in [2.45, 2.75) is 13.0 Å². The number of fused-ring (bicyclic) bond motifs is 1. The third-order valence-electron chi connectivity index (χ3n) is 3.57. The van der Waals surface area contributed by atoms with Gasteiger partial charge in [0.2, 0.25) is 5.28 Å². The maximum atomic E-state index is 6.21. The molecule has 102 valence electrons. The number of rotatable bonds is 4. The molecule has 0 bridgehead atoms. The number of nitrogens with zero attached hydrogens (tertiary/aromatic N) is 3. The Morgan fingerprint density at radius 3 is 2.79 bits per heavy atom. The molecule has 2 aromatic rings. The Kier molecular flexibility index (Phi) is 4.01. The summed E-state index contributed by atoms with van der Waals surface area (Å²) in [6, 6.07) is 8.09. The van der Waals surface area contributed by atoms with Crippen LogP contribution in [0.1, 0.15) is 6.42 Å². The van der Waals surface area contributed by atoms with E-state index in [-0.39, 0.29) is 0 Å². The number of hydrogen-bond donors (Lipinski definition) is 0. The van der Waals surface area contributed by atoms with E-state index < -0.39 is 0 Å². The Balaban J connectivity index is 1.63. The van der Waals surface area contributed by atoms with Gasteiger partial charge in [-0.3, -0.25) is 4.90 Å². The SMILES string of the molecule is Clc1nc2ccccc2n1CCCN1CCOCC1. The molecule has 1 fully saturated rings. The van der Waals surface area contributed by atoms with Gasteiger partial charge in [-0.15, -0.1) is 0 Å². The van der Waals surface area contributed by atoms with E-state index in [1.165, 1.54) is 0 Å². The Morgan fingerprint density at radius 1 is 1.16 bits per heavy atom. The van der Waals surface area contributed by atoms with Gasteiger partial charge in [-0.2, -0.15) is 0 Å². The van der Waals surface area contributed by atoms with Crippen LogP contribution in [0, 0.1) is 0 Å². The van der Waals surface area contributed by atoms with Crippen LogP contribution in [-0.4, -0.2) is 47.3 Å². The number of para-hydroxylation sites is 2. The molecule has 0 radical (unpaired) electrons. The summed E-state index contributed by atoms with van der Waals surface area (Å²) in [6.07, 6.45) is 1.08. The first-order valence-electron chi connectivity index (χ1n) is 6.75. The van der Waals surface area contributed by atoms with Gasteiger partial charge in [0, 0.05) is 26.2 Å². The Morgan fingerprint density at radius 2 is 1.95 bits per heavy atom. The molecule has 1 saturated heterocycles. The number of hydrogen-bond acceptors (Lipinski definition) is 3. The molecule has 1 aromatic carbocycles. The fourth-order valence-corrected chi connectivity index (χ4v) is 2.80. The van der Waals surface area contributed by atoms with Crippen molar-refractivity contribution in [2.24, 2.45) is 0 Å². The van der Waals surface area contributed by atoms with Crippen molar-refractivity contribution in [3.8, 4) is 0 Å². The van der Waals surface area contributed by atoms with Gasteiger partial charge >= 0.3 is 0 Å². The van der Waals surface area contributed by atoms with E-state index in [2.05, 4.69) is 20.5 Å². The first-order chi connectivity index (χ1) is 9.34. The first kappa shape index (κ1) is 12.9. The average Bonchev–Trinajstić information content (AvgIpc) is 2.76. The average molecular weight is 280 g/mol. The van der Waals surface area contributed by atoms with Gasteiger partial charge in [-0.25, -0.2) is 4.98 Å². The number of halogens is 1. The topological polar surface area (TPSA) is 30.3 Å². The molecule has 1 aromatic heterocycles. The van der Waals surface area contributed by atoms with Crippen LogP contribution in [0.25, 0.3) is 11.0 Å². The molecule has 2 heterocycles. The van der Waals surface area contributed by atoms with Crippen molar-refractivity contribution in [1.82, 2.24) is 14.5 Å². The zero-order chi connectivity index (χ0) is 13.1. The summed E-state index contributed by atoms with van der Waals surface area (Å²) < 4.78 is 7.45. The third-order valence-corrected chi connectivity index (χ3v) is 3.86. The first-order valence-corrected chi connectivity index (χ1v) is 7.13. The standard InChI is InChI=1S/C14H18ClN3O/c15-14-16-12-4-1-2-5-13(12)18(14)7-3-6-17-8-10-19-11-9-17/h1-2,4-5H,3,6-11H2. The second-order valence-corrected chi connectivity index (χ2v) is 5.17. The summed E-state index contributed by atoms with van der Waals surface area (Å²) in [7, 11) is 0. The summed E-state index contributed by atoms with van der Waals surface area (Å²) in [5, 5.41) is 0.586. The third kappa shape index (κ3) is 2.91. The van der Waals surface area contributed by atoms with Crippen molar-refractivity contribution in [2.75, 3.05) is 32.8 Å². The summed E-state index contributed by atoms with van der Waals surface area (Å²) in [5.41, 5.74) is 2.09. The minimum atomic E-state index is 0.586. The quantitative estimate of drug-likeness (QED) is 0.861. The van der Waals surface area contributed by atoms with Crippen LogP contribution in [0.15, 0.2) is 24.3 Å². The van der Waals surface area contributed by atoms with Crippen LogP contribution in [0.5, 0.6) is 0 Å². The van der Waals surface area contributed by atoms with Gasteiger partial charge in [0.25, 0.3) is 0 Å². The molecule has 0 atom stereocenters. The molecule has 0 aliphatic carbocycles. The highest BCUT2D eigenvalue weighted by molar-refractivity contribution is 6.29. The zero-order valence-corrected chi connectivity index (χ0v) is 11.6. The number of imidazole rings is 1. The van der Waals surface area contributed by atoms with Gasteiger partial charge < -0.3 is 9.30 Å². The zero-order valence-electron chi connectivity index (χ0n) is 10.9. The van der Waals surface area contributed by atoms with Crippen molar-refractivity contribution < 1.29 is 4.74 Å². The minimum absolute atomic E-state index is 0.586. The lowest BCUT2D eigenvalue weighted by atomic mass is 10.3. The number of aromatic nitrogens is 2. The summed E-state index contributed by atoms with van der Waals surface area (Å²) in [5.74, 6) is 0. The molecule has 0 amide bonds. The second kappa shape index (κ2) is 5.90. The maximum absolute atomic E-state index is 6.21. The molecule has 0 saturated carbocycles. The lowest BCUT2D eigenvalue weighted by molar-refractivity contribution is 0.0369. The molecular formula is C14H18ClN3O. The van der Waals surface area contributed by atoms with Gasteiger partial charge in [-0.05, 0) is 30.2 Å². The van der Waals surface area contributed by atoms with Crippen LogP contribution < -0.4 is 0 Å². The second-order valence-electron chi connectivity index (χ2n) is 4.83. The molecule has 3 rings (SSSR count). The monoisotopic (exact) mass is 279 g/mol. The van der Waals surface area contributed by atoms with Crippen molar-refractivity contribution in [3.63, 3.8) is 0 Å². The van der Waals surface area contributed by atoms with E-state index in [1.807, 2.05) is 18.2 Å². The smallest absolute Gasteiger partial charge is 0.203 e. The van der Waals surface area contributed by atoms with E-state index in [1.54, 1.807) is 0 Å². The number of ether oxygens (including phenoxy) is 1. The van der Waals surface area contributed by atoms with Crippen molar-refractivity contribution in [1.29, 1.82) is 0 Å². The molecule has 4 nitrogen and oxygen atoms in total. The van der Waals surface area contributed by atoms with E-state index >= 15 is 0 Å². The highest BCUT2D eigenvalue weighted by Gasteiger charge is 2.11. The number of aryl methyl sites for hydroxylation is 1. The molecule has 0 unspecified atom stereocenters. The predicted octanol–water partition coefficient (Wildman–Crippen LogP) is 2.41. The molecule has 0 N–H and O–H groups in total. The summed E-state index contributed by atoms with van der Waals surface area (Å²) in [4.78, 5) is 6.81. The highest BCUT2D eigenvalue weighted by atomic mass is 35.5. The van der Waals surface area contributed by atoms with Gasteiger partial charge in [0.1, 0.15) is 0 Å². The van der Waals surface area contributed by atoms with E-state index in [0.29, 0.717) is 5.28 Å². The molecular weight excluding hydrogens is 262 g/mol. The summed E-state index contributed by atoms with van der Waals surface area (Å²) >= 11 is 6.21. The van der Waals surface area contributed by atoms with E-state index in [9.17, 15) is 0 Å². The highest BCUT2D eigenvalue weighted by Crippen LogP contribution is 2.19. The van der Waals surface area contributed by atoms with Gasteiger partial charge in [-0.1, -0.05) is 12.1 Å². The predicted molar refractivity (Wildman–Crippen MR) is 76.6 cm³/mol. The van der Waals surface area contributed by atoms with Crippen molar-refractivity contribution >= 4 is 22.6 Å².